The molecule has 0 radical (unpaired) electrons. The largest absolute Gasteiger partial charge is 0.489 e. The Labute approximate surface area is 215 Å². The number of ether oxygens (including phenoxy) is 1. The zero-order valence-corrected chi connectivity index (χ0v) is 21.3. The quantitative estimate of drug-likeness (QED) is 0.250. The SMILES string of the molecule is Cc1cncc(COc2cc3c4c(c2)c(=O)c(Cc2cccnc2)cn4-c2cc(Br)ccc2S3)c1. The number of benzene rings is 2. The molecule has 0 saturated carbocycles. The van der Waals surface area contributed by atoms with E-state index < -0.39 is 0 Å². The molecule has 0 unspecified atom stereocenters. The molecule has 35 heavy (non-hydrogen) atoms. The van der Waals surface area contributed by atoms with Crippen molar-refractivity contribution >= 4 is 38.6 Å². The summed E-state index contributed by atoms with van der Waals surface area (Å²) in [7, 11) is 0. The van der Waals surface area contributed by atoms with Crippen LogP contribution in [-0.4, -0.2) is 14.5 Å². The number of aromatic nitrogens is 3. The van der Waals surface area contributed by atoms with E-state index in [0.29, 0.717) is 29.7 Å². The van der Waals surface area contributed by atoms with Crippen molar-refractivity contribution in [2.24, 2.45) is 0 Å². The molecule has 5 nitrogen and oxygen atoms in total. The van der Waals surface area contributed by atoms with Gasteiger partial charge in [0, 0.05) is 62.8 Å². The Morgan fingerprint density at radius 3 is 2.71 bits per heavy atom. The Hall–Kier alpha value is -3.42. The highest BCUT2D eigenvalue weighted by molar-refractivity contribution is 9.10. The number of hydrogen-bond acceptors (Lipinski definition) is 5. The Morgan fingerprint density at radius 1 is 1.00 bits per heavy atom. The molecule has 0 aliphatic carbocycles. The lowest BCUT2D eigenvalue weighted by Crippen LogP contribution is -2.17. The van der Waals surface area contributed by atoms with Gasteiger partial charge in [0.05, 0.1) is 16.6 Å². The van der Waals surface area contributed by atoms with Crippen LogP contribution < -0.4 is 10.2 Å². The minimum absolute atomic E-state index is 0.0167. The van der Waals surface area contributed by atoms with E-state index in [1.807, 2.05) is 49.6 Å². The first-order valence-electron chi connectivity index (χ1n) is 11.2. The van der Waals surface area contributed by atoms with Gasteiger partial charge in [-0.15, -0.1) is 0 Å². The molecule has 0 saturated heterocycles. The number of pyridine rings is 3. The molecule has 3 aromatic heterocycles. The van der Waals surface area contributed by atoms with Gasteiger partial charge in [-0.1, -0.05) is 33.8 Å². The second-order valence-electron chi connectivity index (χ2n) is 8.58. The molecule has 0 N–H and O–H groups in total. The fourth-order valence-corrected chi connectivity index (χ4v) is 5.87. The van der Waals surface area contributed by atoms with Crippen LogP contribution in [0.3, 0.4) is 0 Å². The molecule has 0 amide bonds. The van der Waals surface area contributed by atoms with Crippen LogP contribution in [0, 0.1) is 6.92 Å². The van der Waals surface area contributed by atoms with Crippen molar-refractivity contribution in [3.8, 4) is 11.4 Å². The predicted octanol–water partition coefficient (Wildman–Crippen LogP) is 6.49. The summed E-state index contributed by atoms with van der Waals surface area (Å²) >= 11 is 5.26. The van der Waals surface area contributed by atoms with Crippen LogP contribution in [0.25, 0.3) is 16.6 Å². The summed E-state index contributed by atoms with van der Waals surface area (Å²) in [5.41, 5.74) is 5.76. The molecule has 0 bridgehead atoms. The summed E-state index contributed by atoms with van der Waals surface area (Å²) in [6.07, 6.45) is 9.66. The number of nitrogens with zero attached hydrogens (tertiary/aromatic N) is 3. The maximum atomic E-state index is 13.7. The highest BCUT2D eigenvalue weighted by Gasteiger charge is 2.23. The number of hydrogen-bond donors (Lipinski definition) is 0. The van der Waals surface area contributed by atoms with Crippen molar-refractivity contribution in [2.75, 3.05) is 0 Å². The minimum Gasteiger partial charge on any atom is -0.489 e. The highest BCUT2D eigenvalue weighted by Crippen LogP contribution is 2.44. The Kier molecular flexibility index (Phi) is 5.66. The molecule has 2 aromatic carbocycles. The maximum absolute atomic E-state index is 13.7. The van der Waals surface area contributed by atoms with Gasteiger partial charge < -0.3 is 9.30 Å². The van der Waals surface area contributed by atoms with Crippen molar-refractivity contribution in [3.05, 3.63) is 116 Å². The molecule has 1 aliphatic rings. The van der Waals surface area contributed by atoms with Gasteiger partial charge in [0.1, 0.15) is 12.4 Å². The van der Waals surface area contributed by atoms with E-state index in [-0.39, 0.29) is 5.43 Å². The normalized spacial score (nSPS) is 11.9. The van der Waals surface area contributed by atoms with Crippen LogP contribution in [0.1, 0.15) is 22.3 Å². The lowest BCUT2D eigenvalue weighted by atomic mass is 10.0. The fourth-order valence-electron chi connectivity index (χ4n) is 4.40. The number of halogens is 1. The topological polar surface area (TPSA) is 57.0 Å². The summed E-state index contributed by atoms with van der Waals surface area (Å²) in [4.78, 5) is 24.3. The van der Waals surface area contributed by atoms with Gasteiger partial charge in [0.2, 0.25) is 0 Å². The maximum Gasteiger partial charge on any atom is 0.193 e. The lowest BCUT2D eigenvalue weighted by molar-refractivity contribution is 0.305. The molecule has 172 valence electrons. The highest BCUT2D eigenvalue weighted by atomic mass is 79.9. The van der Waals surface area contributed by atoms with Crippen LogP contribution in [0.2, 0.25) is 0 Å². The monoisotopic (exact) mass is 541 g/mol. The van der Waals surface area contributed by atoms with Gasteiger partial charge in [0.15, 0.2) is 5.43 Å². The van der Waals surface area contributed by atoms with Gasteiger partial charge in [-0.25, -0.2) is 0 Å². The van der Waals surface area contributed by atoms with Crippen molar-refractivity contribution in [1.29, 1.82) is 0 Å². The van der Waals surface area contributed by atoms with Crippen molar-refractivity contribution in [2.45, 2.75) is 29.7 Å². The van der Waals surface area contributed by atoms with Gasteiger partial charge in [-0.3, -0.25) is 14.8 Å². The first-order valence-corrected chi connectivity index (χ1v) is 12.8. The Morgan fingerprint density at radius 2 is 1.89 bits per heavy atom. The second-order valence-corrected chi connectivity index (χ2v) is 10.6. The van der Waals surface area contributed by atoms with E-state index in [9.17, 15) is 4.79 Å². The zero-order valence-electron chi connectivity index (χ0n) is 18.9. The van der Waals surface area contributed by atoms with Crippen molar-refractivity contribution in [3.63, 3.8) is 0 Å². The van der Waals surface area contributed by atoms with E-state index in [0.717, 1.165) is 42.2 Å². The first kappa shape index (κ1) is 22.1. The third-order valence-electron chi connectivity index (χ3n) is 5.97. The van der Waals surface area contributed by atoms with Crippen LogP contribution >= 0.6 is 27.7 Å². The predicted molar refractivity (Wildman–Crippen MR) is 142 cm³/mol. The third-order valence-corrected chi connectivity index (χ3v) is 7.55. The van der Waals surface area contributed by atoms with Crippen LogP contribution in [0.4, 0.5) is 0 Å². The zero-order chi connectivity index (χ0) is 23.9. The first-order chi connectivity index (χ1) is 17.0. The molecular formula is C28H20BrN3O2S. The lowest BCUT2D eigenvalue weighted by Gasteiger charge is -2.24. The molecule has 0 spiro atoms. The van der Waals surface area contributed by atoms with Gasteiger partial charge in [-0.05, 0) is 60.5 Å². The number of aryl methyl sites for hydroxylation is 1. The summed E-state index contributed by atoms with van der Waals surface area (Å²) in [5, 5.41) is 0.652. The van der Waals surface area contributed by atoms with Gasteiger partial charge >= 0.3 is 0 Å². The molecule has 1 aliphatic heterocycles. The molecular weight excluding hydrogens is 522 g/mol. The van der Waals surface area contributed by atoms with Crippen molar-refractivity contribution < 1.29 is 4.74 Å². The summed E-state index contributed by atoms with van der Waals surface area (Å²) in [6.45, 7) is 2.40. The van der Waals surface area contributed by atoms with E-state index in [2.05, 4.69) is 48.7 Å². The van der Waals surface area contributed by atoms with Gasteiger partial charge in [-0.2, -0.15) is 0 Å². The Bertz CT molecular complexity index is 1650. The fraction of sp³-hybridized carbons (Fsp3) is 0.107. The minimum atomic E-state index is 0.0167. The van der Waals surface area contributed by atoms with E-state index in [1.54, 1.807) is 30.4 Å². The average molecular weight is 542 g/mol. The summed E-state index contributed by atoms with van der Waals surface area (Å²) < 4.78 is 9.30. The molecule has 7 heteroatoms. The second kappa shape index (κ2) is 8.98. The number of fused-ring (bicyclic) bond motifs is 2. The summed E-state index contributed by atoms with van der Waals surface area (Å²) in [6, 6.07) is 16.1. The van der Waals surface area contributed by atoms with E-state index in [1.165, 1.54) is 0 Å². The van der Waals surface area contributed by atoms with Crippen LogP contribution in [0.5, 0.6) is 5.75 Å². The van der Waals surface area contributed by atoms with Crippen LogP contribution in [0.15, 0.2) is 98.6 Å². The van der Waals surface area contributed by atoms with Crippen LogP contribution in [-0.2, 0) is 13.0 Å². The molecule has 5 aromatic rings. The summed E-state index contributed by atoms with van der Waals surface area (Å²) in [5.74, 6) is 0.671. The molecule has 4 heterocycles. The molecule has 0 atom stereocenters. The standard InChI is InChI=1S/C28H20BrN3O2S/c1-17-7-19(14-31-12-17)16-34-22-10-23-27-26(11-22)35-25-5-4-21(29)9-24(25)32(27)15-20(28(23)33)8-18-3-2-6-30-13-18/h2-7,9-15H,8,16H2,1H3. The Balaban J connectivity index is 1.51. The van der Waals surface area contributed by atoms with Crippen molar-refractivity contribution in [1.82, 2.24) is 14.5 Å². The third kappa shape index (κ3) is 4.26. The van der Waals surface area contributed by atoms with E-state index >= 15 is 0 Å². The molecule has 6 rings (SSSR count). The number of rotatable bonds is 5. The molecule has 0 fully saturated rings. The average Bonchev–Trinajstić information content (AvgIpc) is 2.86. The smallest absolute Gasteiger partial charge is 0.193 e. The van der Waals surface area contributed by atoms with Gasteiger partial charge in [0.25, 0.3) is 0 Å². The van der Waals surface area contributed by atoms with E-state index in [4.69, 9.17) is 4.74 Å².